The van der Waals surface area contributed by atoms with Gasteiger partial charge in [-0.15, -0.1) is 0 Å². The number of aromatic amines is 1. The van der Waals surface area contributed by atoms with Crippen molar-refractivity contribution in [3.05, 3.63) is 90.7 Å². The van der Waals surface area contributed by atoms with Gasteiger partial charge in [-0.3, -0.25) is 9.36 Å². The molecule has 4 aromatic rings. The van der Waals surface area contributed by atoms with Crippen molar-refractivity contribution in [3.63, 3.8) is 0 Å². The Kier molecular flexibility index (Phi) is 6.24. The van der Waals surface area contributed by atoms with Crippen LogP contribution in [-0.4, -0.2) is 36.3 Å². The highest BCUT2D eigenvalue weighted by Crippen LogP contribution is 2.37. The number of carbonyl (C=O) groups excluding carboxylic acids is 1. The third-order valence-corrected chi connectivity index (χ3v) is 7.14. The maximum Gasteiger partial charge on any atom is 0.338 e. The molecule has 1 aliphatic rings. The van der Waals surface area contributed by atoms with Crippen LogP contribution in [-0.2, 0) is 9.53 Å². The quantitative estimate of drug-likeness (QED) is 0.408. The fraction of sp³-hybridized carbons (Fsp3) is 0.222. The summed E-state index contributed by atoms with van der Waals surface area (Å²) in [7, 11) is 3.11. The van der Waals surface area contributed by atoms with Crippen molar-refractivity contribution >= 4 is 34.3 Å². The predicted octanol–water partition coefficient (Wildman–Crippen LogP) is 3.30. The molecule has 0 aliphatic carbocycles. The fourth-order valence-corrected chi connectivity index (χ4v) is 5.52. The summed E-state index contributed by atoms with van der Waals surface area (Å²) >= 11 is 1.28. The lowest BCUT2D eigenvalue weighted by Gasteiger charge is -2.26. The summed E-state index contributed by atoms with van der Waals surface area (Å²) in [6.45, 7) is 3.70. The van der Waals surface area contributed by atoms with Crippen LogP contribution in [0.2, 0.25) is 0 Å². The lowest BCUT2D eigenvalue weighted by Crippen LogP contribution is -2.40. The number of thiazole rings is 1. The van der Waals surface area contributed by atoms with Crippen LogP contribution in [0.4, 0.5) is 0 Å². The van der Waals surface area contributed by atoms with Gasteiger partial charge in [0.2, 0.25) is 0 Å². The lowest BCUT2D eigenvalue weighted by atomic mass is 9.95. The maximum absolute atomic E-state index is 13.8. The molecule has 1 aliphatic heterocycles. The number of hydrogen-bond donors (Lipinski definition) is 1. The minimum Gasteiger partial charge on any atom is -0.497 e. The average molecular weight is 504 g/mol. The Morgan fingerprint density at radius 2 is 2.00 bits per heavy atom. The largest absolute Gasteiger partial charge is 0.497 e. The first-order valence-electron chi connectivity index (χ1n) is 11.4. The highest BCUT2D eigenvalue weighted by atomic mass is 32.1. The second-order valence-corrected chi connectivity index (χ2v) is 9.21. The van der Waals surface area contributed by atoms with Crippen molar-refractivity contribution in [1.82, 2.24) is 9.55 Å². The number of rotatable bonds is 6. The number of esters is 1. The van der Waals surface area contributed by atoms with E-state index in [1.54, 1.807) is 50.8 Å². The first kappa shape index (κ1) is 23.6. The van der Waals surface area contributed by atoms with Crippen molar-refractivity contribution in [2.24, 2.45) is 4.99 Å². The number of benzene rings is 2. The summed E-state index contributed by atoms with van der Waals surface area (Å²) in [4.78, 5) is 35.3. The zero-order valence-electron chi connectivity index (χ0n) is 20.3. The van der Waals surface area contributed by atoms with E-state index in [-0.39, 0.29) is 12.2 Å². The van der Waals surface area contributed by atoms with Gasteiger partial charge < -0.3 is 19.2 Å². The number of ether oxygens (including phenoxy) is 3. The van der Waals surface area contributed by atoms with Gasteiger partial charge in [0.1, 0.15) is 17.5 Å². The fourth-order valence-electron chi connectivity index (χ4n) is 4.48. The van der Waals surface area contributed by atoms with Gasteiger partial charge in [-0.1, -0.05) is 29.5 Å². The van der Waals surface area contributed by atoms with Crippen LogP contribution in [0.1, 0.15) is 31.0 Å². The minimum absolute atomic E-state index is 0.201. The molecule has 2 aromatic carbocycles. The van der Waals surface area contributed by atoms with Crippen molar-refractivity contribution < 1.29 is 19.0 Å². The molecular formula is C27H25N3O5S. The highest BCUT2D eigenvalue weighted by molar-refractivity contribution is 7.07. The predicted molar refractivity (Wildman–Crippen MR) is 138 cm³/mol. The molecular weight excluding hydrogens is 478 g/mol. The first-order valence-corrected chi connectivity index (χ1v) is 12.3. The monoisotopic (exact) mass is 503 g/mol. The SMILES string of the molecule is CCOC(=O)C1=C(C)N=c2sc(=Cc3c[nH]c4ccccc34)c(=O)n2[C@H]1c1ccc(OC)cc1OC. The van der Waals surface area contributed by atoms with Crippen LogP contribution < -0.4 is 24.4 Å². The first-order chi connectivity index (χ1) is 17.5. The second kappa shape index (κ2) is 9.50. The number of H-pyrrole nitrogens is 1. The summed E-state index contributed by atoms with van der Waals surface area (Å²) in [5, 5.41) is 1.01. The standard InChI is InChI=1S/C27H25N3O5S/c1-5-35-26(32)23-15(2)29-27-30(24(23)19-11-10-17(33-3)13-21(19)34-4)25(31)22(36-27)12-16-14-28-20-9-7-6-8-18(16)20/h6-14,24,28H,5H2,1-4H3/t24-/m0/s1. The number of hydrogen-bond acceptors (Lipinski definition) is 7. The average Bonchev–Trinajstić information content (AvgIpc) is 3.43. The molecule has 1 N–H and O–H groups in total. The summed E-state index contributed by atoms with van der Waals surface area (Å²) in [6.07, 6.45) is 3.73. The number of methoxy groups -OCH3 is 2. The van der Waals surface area contributed by atoms with Crippen LogP contribution in [0.5, 0.6) is 11.5 Å². The Morgan fingerprint density at radius 1 is 1.19 bits per heavy atom. The maximum atomic E-state index is 13.8. The molecule has 184 valence electrons. The number of allylic oxidation sites excluding steroid dienone is 1. The van der Waals surface area contributed by atoms with E-state index in [9.17, 15) is 9.59 Å². The van der Waals surface area contributed by atoms with E-state index >= 15 is 0 Å². The number of para-hydroxylation sites is 1. The van der Waals surface area contributed by atoms with Gasteiger partial charge in [-0.2, -0.15) is 0 Å². The van der Waals surface area contributed by atoms with E-state index in [0.29, 0.717) is 37.7 Å². The van der Waals surface area contributed by atoms with E-state index in [1.165, 1.54) is 11.3 Å². The Labute approximate surface area is 210 Å². The molecule has 5 rings (SSSR count). The zero-order chi connectivity index (χ0) is 25.4. The second-order valence-electron chi connectivity index (χ2n) is 8.20. The molecule has 8 nitrogen and oxygen atoms in total. The van der Waals surface area contributed by atoms with Crippen LogP contribution in [0.25, 0.3) is 17.0 Å². The molecule has 0 saturated heterocycles. The highest BCUT2D eigenvalue weighted by Gasteiger charge is 2.35. The molecule has 0 amide bonds. The lowest BCUT2D eigenvalue weighted by molar-refractivity contribution is -0.139. The van der Waals surface area contributed by atoms with Crippen LogP contribution in [0, 0.1) is 0 Å². The normalized spacial score (nSPS) is 15.6. The molecule has 3 heterocycles. The van der Waals surface area contributed by atoms with Crippen LogP contribution >= 0.6 is 11.3 Å². The van der Waals surface area contributed by atoms with Gasteiger partial charge in [-0.05, 0) is 38.1 Å². The number of aromatic nitrogens is 2. The van der Waals surface area contributed by atoms with Crippen molar-refractivity contribution in [2.45, 2.75) is 19.9 Å². The van der Waals surface area contributed by atoms with E-state index < -0.39 is 12.0 Å². The molecule has 0 unspecified atom stereocenters. The molecule has 0 bridgehead atoms. The molecule has 9 heteroatoms. The minimum atomic E-state index is -0.772. The van der Waals surface area contributed by atoms with Crippen LogP contribution in [0.3, 0.4) is 0 Å². The molecule has 1 atom stereocenters. The smallest absolute Gasteiger partial charge is 0.338 e. The zero-order valence-corrected chi connectivity index (χ0v) is 21.1. The van der Waals surface area contributed by atoms with E-state index in [1.807, 2.05) is 36.5 Å². The summed E-state index contributed by atoms with van der Waals surface area (Å²) in [5.41, 5.74) is 3.06. The van der Waals surface area contributed by atoms with Crippen LogP contribution in [0.15, 0.2) is 69.7 Å². The van der Waals surface area contributed by atoms with Gasteiger partial charge in [0, 0.05) is 34.3 Å². The Bertz CT molecular complexity index is 1690. The molecule has 0 radical (unpaired) electrons. The van der Waals surface area contributed by atoms with E-state index in [0.717, 1.165) is 16.5 Å². The topological polar surface area (TPSA) is 94.9 Å². The van der Waals surface area contributed by atoms with Gasteiger partial charge in [0.05, 0.1) is 36.6 Å². The number of nitrogens with zero attached hydrogens (tertiary/aromatic N) is 2. The molecule has 2 aromatic heterocycles. The van der Waals surface area contributed by atoms with Gasteiger partial charge in [0.25, 0.3) is 5.56 Å². The Balaban J connectivity index is 1.77. The molecule has 0 spiro atoms. The molecule has 0 saturated carbocycles. The van der Waals surface area contributed by atoms with Gasteiger partial charge in [-0.25, -0.2) is 9.79 Å². The number of fused-ring (bicyclic) bond motifs is 2. The third kappa shape index (κ3) is 3.91. The van der Waals surface area contributed by atoms with Gasteiger partial charge >= 0.3 is 5.97 Å². The Hall–Kier alpha value is -4.11. The summed E-state index contributed by atoms with van der Waals surface area (Å²) in [6, 6.07) is 12.4. The summed E-state index contributed by atoms with van der Waals surface area (Å²) < 4.78 is 18.4. The van der Waals surface area contributed by atoms with E-state index in [2.05, 4.69) is 9.98 Å². The van der Waals surface area contributed by atoms with Crippen molar-refractivity contribution in [3.8, 4) is 11.5 Å². The van der Waals surface area contributed by atoms with Crippen molar-refractivity contribution in [1.29, 1.82) is 0 Å². The molecule has 36 heavy (non-hydrogen) atoms. The van der Waals surface area contributed by atoms with Crippen molar-refractivity contribution in [2.75, 3.05) is 20.8 Å². The summed E-state index contributed by atoms with van der Waals surface area (Å²) in [5.74, 6) is 0.565. The molecule has 0 fully saturated rings. The van der Waals surface area contributed by atoms with Gasteiger partial charge in [0.15, 0.2) is 4.80 Å². The third-order valence-electron chi connectivity index (χ3n) is 6.16. The number of carbonyl (C=O) groups is 1. The Morgan fingerprint density at radius 3 is 2.75 bits per heavy atom. The van der Waals surface area contributed by atoms with E-state index in [4.69, 9.17) is 14.2 Å². The number of nitrogens with one attached hydrogen (secondary N) is 1.